The number of aliphatic carboxylic acids is 1. The predicted octanol–water partition coefficient (Wildman–Crippen LogP) is 0.781. The fourth-order valence-electron chi connectivity index (χ4n) is 1.16. The molecular formula is C11H11NO5. The van der Waals surface area contributed by atoms with Crippen molar-refractivity contribution in [1.29, 1.82) is 0 Å². The molecule has 0 saturated carbocycles. The number of hydrogen-bond acceptors (Lipinski definition) is 4. The van der Waals surface area contributed by atoms with E-state index in [1.54, 1.807) is 0 Å². The molecule has 0 heterocycles. The largest absolute Gasteiger partial charge is 0.507 e. The number of amides is 1. The Hall–Kier alpha value is -2.34. The highest BCUT2D eigenvalue weighted by molar-refractivity contribution is 5.96. The summed E-state index contributed by atoms with van der Waals surface area (Å²) in [6.45, 7) is 0. The first-order chi connectivity index (χ1) is 8.04. The van der Waals surface area contributed by atoms with Gasteiger partial charge in [-0.1, -0.05) is 6.07 Å². The summed E-state index contributed by atoms with van der Waals surface area (Å²) in [6, 6.07) is 4.15. The van der Waals surface area contributed by atoms with Crippen molar-refractivity contribution < 1.29 is 24.6 Å². The molecule has 0 aromatic heterocycles. The molecule has 90 valence electrons. The van der Waals surface area contributed by atoms with E-state index in [1.165, 1.54) is 31.4 Å². The van der Waals surface area contributed by atoms with Gasteiger partial charge in [-0.2, -0.15) is 0 Å². The molecule has 17 heavy (non-hydrogen) atoms. The molecule has 3 N–H and O–H groups in total. The lowest BCUT2D eigenvalue weighted by Gasteiger charge is -2.05. The number of nitrogens with one attached hydrogen (secondary N) is 1. The molecule has 0 aliphatic heterocycles. The molecular weight excluding hydrogens is 226 g/mol. The number of carboxylic acids is 1. The number of carbonyl (C=O) groups excluding carboxylic acids is 1. The monoisotopic (exact) mass is 237 g/mol. The van der Waals surface area contributed by atoms with E-state index in [0.717, 1.165) is 6.08 Å². The second-order valence-electron chi connectivity index (χ2n) is 3.08. The van der Waals surface area contributed by atoms with Crippen LogP contribution in [-0.4, -0.2) is 29.2 Å². The second kappa shape index (κ2) is 5.66. The number of rotatable bonds is 4. The second-order valence-corrected chi connectivity index (χ2v) is 3.08. The molecule has 0 aliphatic rings. The van der Waals surface area contributed by atoms with E-state index in [1.807, 2.05) is 0 Å². The number of hydrogen-bond donors (Lipinski definition) is 3. The van der Waals surface area contributed by atoms with Crippen LogP contribution in [0.4, 0.5) is 0 Å². The van der Waals surface area contributed by atoms with Crippen LogP contribution in [0.15, 0.2) is 24.3 Å². The van der Waals surface area contributed by atoms with Gasteiger partial charge in [0, 0.05) is 6.08 Å². The maximum Gasteiger partial charge on any atom is 0.328 e. The summed E-state index contributed by atoms with van der Waals surface area (Å²) >= 11 is 0. The smallest absolute Gasteiger partial charge is 0.328 e. The van der Waals surface area contributed by atoms with Crippen molar-refractivity contribution >= 4 is 18.0 Å². The molecule has 0 unspecified atom stereocenters. The van der Waals surface area contributed by atoms with Gasteiger partial charge in [-0.25, -0.2) is 10.3 Å². The summed E-state index contributed by atoms with van der Waals surface area (Å²) in [4.78, 5) is 26.0. The number of carbonyl (C=O) groups is 2. The van der Waals surface area contributed by atoms with Crippen LogP contribution in [0.5, 0.6) is 5.75 Å². The average molecular weight is 237 g/mol. The Labute approximate surface area is 97.1 Å². The number of phenolic OH excluding ortho intramolecular Hbond substituents is 1. The predicted molar refractivity (Wildman–Crippen MR) is 59.3 cm³/mol. The first kappa shape index (κ1) is 12.7. The zero-order valence-corrected chi connectivity index (χ0v) is 9.01. The van der Waals surface area contributed by atoms with Crippen LogP contribution < -0.4 is 5.48 Å². The quantitative estimate of drug-likeness (QED) is 0.531. The van der Waals surface area contributed by atoms with Gasteiger partial charge in [-0.05, 0) is 23.8 Å². The Kier molecular flexibility index (Phi) is 4.24. The van der Waals surface area contributed by atoms with Crippen LogP contribution in [0.3, 0.4) is 0 Å². The molecule has 0 saturated heterocycles. The summed E-state index contributed by atoms with van der Waals surface area (Å²) in [7, 11) is 1.28. The van der Waals surface area contributed by atoms with E-state index >= 15 is 0 Å². The van der Waals surface area contributed by atoms with E-state index in [2.05, 4.69) is 10.3 Å². The van der Waals surface area contributed by atoms with Gasteiger partial charge in [0.15, 0.2) is 0 Å². The third kappa shape index (κ3) is 3.62. The Morgan fingerprint density at radius 2 is 2.12 bits per heavy atom. The van der Waals surface area contributed by atoms with E-state index in [9.17, 15) is 14.7 Å². The minimum atomic E-state index is -1.09. The lowest BCUT2D eigenvalue weighted by Crippen LogP contribution is -2.21. The molecule has 0 spiro atoms. The molecule has 6 heteroatoms. The van der Waals surface area contributed by atoms with Crippen LogP contribution in [0.2, 0.25) is 0 Å². The SMILES string of the molecule is CONC(=O)c1ccc(/C=C/C(=O)O)cc1O. The molecule has 1 amide bonds. The Balaban J connectivity index is 2.93. The highest BCUT2D eigenvalue weighted by Crippen LogP contribution is 2.19. The molecule has 1 aromatic rings. The van der Waals surface area contributed by atoms with Crippen LogP contribution in [0, 0.1) is 0 Å². The standard InChI is InChI=1S/C11H11NO5/c1-17-12-11(16)8-4-2-7(6-9(8)13)3-5-10(14)15/h2-6,13H,1H3,(H,12,16)(H,14,15)/b5-3+. The minimum absolute atomic E-state index is 0.0410. The van der Waals surface area contributed by atoms with Crippen molar-refractivity contribution in [2.45, 2.75) is 0 Å². The van der Waals surface area contributed by atoms with Crippen molar-refractivity contribution in [3.63, 3.8) is 0 Å². The molecule has 0 radical (unpaired) electrons. The first-order valence-electron chi connectivity index (χ1n) is 4.62. The van der Waals surface area contributed by atoms with E-state index in [0.29, 0.717) is 5.56 Å². The van der Waals surface area contributed by atoms with Crippen LogP contribution >= 0.6 is 0 Å². The van der Waals surface area contributed by atoms with Gasteiger partial charge in [0.25, 0.3) is 5.91 Å². The zero-order chi connectivity index (χ0) is 12.8. The highest BCUT2D eigenvalue weighted by atomic mass is 16.6. The van der Waals surface area contributed by atoms with Crippen LogP contribution in [0.1, 0.15) is 15.9 Å². The average Bonchev–Trinajstić information content (AvgIpc) is 2.26. The molecule has 0 aliphatic carbocycles. The maximum absolute atomic E-state index is 11.3. The van der Waals surface area contributed by atoms with Gasteiger partial charge >= 0.3 is 5.97 Å². The third-order valence-corrected chi connectivity index (χ3v) is 1.88. The zero-order valence-electron chi connectivity index (χ0n) is 9.01. The Morgan fingerprint density at radius 3 is 2.65 bits per heavy atom. The number of hydroxylamine groups is 1. The highest BCUT2D eigenvalue weighted by Gasteiger charge is 2.10. The van der Waals surface area contributed by atoms with Crippen molar-refractivity contribution in [3.05, 3.63) is 35.4 Å². The topological polar surface area (TPSA) is 95.9 Å². The molecule has 1 rings (SSSR count). The molecule has 1 aromatic carbocycles. The van der Waals surface area contributed by atoms with E-state index in [4.69, 9.17) is 5.11 Å². The van der Waals surface area contributed by atoms with Crippen LogP contribution in [0.25, 0.3) is 6.08 Å². The van der Waals surface area contributed by atoms with Crippen molar-refractivity contribution in [2.75, 3.05) is 7.11 Å². The Morgan fingerprint density at radius 1 is 1.41 bits per heavy atom. The third-order valence-electron chi connectivity index (χ3n) is 1.88. The number of carboxylic acid groups (broad SMARTS) is 1. The maximum atomic E-state index is 11.3. The summed E-state index contributed by atoms with van der Waals surface area (Å²) in [6.07, 6.45) is 2.24. The number of phenols is 1. The van der Waals surface area contributed by atoms with Crippen LogP contribution in [-0.2, 0) is 9.63 Å². The molecule has 6 nitrogen and oxygen atoms in total. The molecule has 0 bridgehead atoms. The first-order valence-corrected chi connectivity index (χ1v) is 4.62. The van der Waals surface area contributed by atoms with Crippen molar-refractivity contribution in [3.8, 4) is 5.75 Å². The van der Waals surface area contributed by atoms with Gasteiger partial charge in [-0.15, -0.1) is 0 Å². The van der Waals surface area contributed by atoms with E-state index < -0.39 is 11.9 Å². The lowest BCUT2D eigenvalue weighted by molar-refractivity contribution is -0.131. The van der Waals surface area contributed by atoms with Gasteiger partial charge in [-0.3, -0.25) is 9.63 Å². The van der Waals surface area contributed by atoms with Gasteiger partial charge in [0.05, 0.1) is 12.7 Å². The molecule has 0 fully saturated rings. The normalized spacial score (nSPS) is 10.4. The fourth-order valence-corrected chi connectivity index (χ4v) is 1.16. The fraction of sp³-hybridized carbons (Fsp3) is 0.0909. The van der Waals surface area contributed by atoms with Gasteiger partial charge in [0.1, 0.15) is 5.75 Å². The number of benzene rings is 1. The summed E-state index contributed by atoms with van der Waals surface area (Å²) < 4.78 is 0. The van der Waals surface area contributed by atoms with Gasteiger partial charge < -0.3 is 10.2 Å². The summed E-state index contributed by atoms with van der Waals surface area (Å²) in [5, 5.41) is 18.0. The summed E-state index contributed by atoms with van der Waals surface area (Å²) in [5.41, 5.74) is 2.57. The molecule has 0 atom stereocenters. The Bertz CT molecular complexity index is 467. The van der Waals surface area contributed by atoms with Gasteiger partial charge in [0.2, 0.25) is 0 Å². The van der Waals surface area contributed by atoms with Crippen molar-refractivity contribution in [2.24, 2.45) is 0 Å². The minimum Gasteiger partial charge on any atom is -0.507 e. The van der Waals surface area contributed by atoms with E-state index in [-0.39, 0.29) is 11.3 Å². The number of aromatic hydroxyl groups is 1. The summed E-state index contributed by atoms with van der Waals surface area (Å²) in [5.74, 6) is -1.93. The van der Waals surface area contributed by atoms with Crippen molar-refractivity contribution in [1.82, 2.24) is 5.48 Å². The lowest BCUT2D eigenvalue weighted by atomic mass is 10.1.